The molecular weight excluding hydrogens is 390 g/mol. The number of carbonyl (C=O) groups is 1. The van der Waals surface area contributed by atoms with Crippen LogP contribution in [0.25, 0.3) is 0 Å². The Hall–Kier alpha value is -2.78. The van der Waals surface area contributed by atoms with Crippen molar-refractivity contribution in [3.05, 3.63) is 53.9 Å². The van der Waals surface area contributed by atoms with Gasteiger partial charge in [0.05, 0.1) is 23.7 Å². The highest BCUT2D eigenvalue weighted by molar-refractivity contribution is 7.91. The van der Waals surface area contributed by atoms with Crippen LogP contribution in [0.3, 0.4) is 0 Å². The zero-order chi connectivity index (χ0) is 20.2. The molecule has 1 unspecified atom stereocenters. The van der Waals surface area contributed by atoms with Crippen LogP contribution in [-0.2, 0) is 22.8 Å². The first kappa shape index (κ1) is 19.5. The number of hydrogen-bond donors (Lipinski definition) is 2. The summed E-state index contributed by atoms with van der Waals surface area (Å²) >= 11 is -1.58. The van der Waals surface area contributed by atoms with E-state index in [2.05, 4.69) is 14.1 Å². The van der Waals surface area contributed by atoms with Gasteiger partial charge in [-0.2, -0.15) is 4.72 Å². The van der Waals surface area contributed by atoms with E-state index in [1.54, 1.807) is 18.5 Å². The molecule has 1 aromatic heterocycles. The molecule has 2 atom stereocenters. The molecule has 29 heavy (non-hydrogen) atoms. The minimum Gasteiger partial charge on any atom is -0.566 e. The monoisotopic (exact) mass is 413 g/mol. The van der Waals surface area contributed by atoms with Gasteiger partial charge in [0.2, 0.25) is 17.5 Å². The lowest BCUT2D eigenvalue weighted by molar-refractivity contribution is -0.134. The Morgan fingerprint density at radius 3 is 2.97 bits per heavy atom. The number of fused-ring (bicyclic) bond motifs is 1. The number of piperidine rings is 1. The minimum atomic E-state index is -1.58. The van der Waals surface area contributed by atoms with Gasteiger partial charge in [-0.05, 0) is 53.5 Å². The third-order valence-electron chi connectivity index (χ3n) is 5.14. The van der Waals surface area contributed by atoms with Crippen molar-refractivity contribution in [2.45, 2.75) is 31.7 Å². The van der Waals surface area contributed by atoms with Crippen LogP contribution in [0.4, 0.5) is 5.69 Å². The van der Waals surface area contributed by atoms with E-state index in [-0.39, 0.29) is 17.8 Å². The first-order chi connectivity index (χ1) is 14.1. The van der Waals surface area contributed by atoms with Crippen LogP contribution in [0.1, 0.15) is 30.4 Å². The Bertz CT molecular complexity index is 908. The molecule has 0 aliphatic carbocycles. The van der Waals surface area contributed by atoms with Crippen molar-refractivity contribution in [1.29, 1.82) is 0 Å². The topological polar surface area (TPSA) is 116 Å². The predicted octanol–water partition coefficient (Wildman–Crippen LogP) is 1.79. The first-order valence-corrected chi connectivity index (χ1v) is 10.7. The summed E-state index contributed by atoms with van der Waals surface area (Å²) in [5, 5.41) is 0. The number of nitrogens with two attached hydrogens (primary N) is 1. The Kier molecular flexibility index (Phi) is 5.86. The second-order valence-electron chi connectivity index (χ2n) is 7.09. The minimum absolute atomic E-state index is 0.00205. The molecule has 1 aromatic carbocycles. The summed E-state index contributed by atoms with van der Waals surface area (Å²) in [6.07, 6.45) is 6.70. The molecule has 0 spiro atoms. The maximum Gasteiger partial charge on any atom is 0.227 e. The molecule has 4 rings (SSSR count). The number of hydrogen-bond acceptors (Lipinski definition) is 7. The fraction of sp³-hybridized carbons (Fsp3) is 0.350. The smallest absolute Gasteiger partial charge is 0.227 e. The van der Waals surface area contributed by atoms with E-state index < -0.39 is 11.5 Å². The maximum absolute atomic E-state index is 12.9. The van der Waals surface area contributed by atoms with Crippen molar-refractivity contribution >= 4 is 29.0 Å². The highest BCUT2D eigenvalue weighted by atomic mass is 32.2. The average molecular weight is 414 g/mol. The van der Waals surface area contributed by atoms with Crippen molar-refractivity contribution in [2.24, 2.45) is 10.1 Å². The molecule has 2 aromatic rings. The molecule has 0 bridgehead atoms. The van der Waals surface area contributed by atoms with Gasteiger partial charge in [-0.25, -0.2) is 0 Å². The number of ether oxygens (including phenoxy) is 1. The number of carbonyl (C=O) groups excluding carboxylic acids is 1. The Labute approximate surface area is 172 Å². The van der Waals surface area contributed by atoms with Gasteiger partial charge in [-0.15, -0.1) is 0 Å². The number of nitrogens with zero attached hydrogens (tertiary/aromatic N) is 3. The molecule has 1 fully saturated rings. The number of likely N-dealkylation sites (tertiary alicyclic amines) is 1. The molecule has 0 saturated carbocycles. The standard InChI is InChI=1S/C20H23N5O3S/c21-20-19-16(23-29(27)24-20)5-3-6-17(19)28-13-15-4-1-2-11-25(15)18(26)12-14-7-9-22-10-8-14/h3,5-10,15,23H,1-2,4,11-13H2,(H2,21,24)/t15-,29?/m1/s1. The highest BCUT2D eigenvalue weighted by Gasteiger charge is 2.29. The normalized spacial score (nSPS) is 21.0. The van der Waals surface area contributed by atoms with Crippen molar-refractivity contribution in [3.8, 4) is 5.75 Å². The van der Waals surface area contributed by atoms with E-state index in [1.807, 2.05) is 29.2 Å². The number of rotatable bonds is 5. The van der Waals surface area contributed by atoms with Gasteiger partial charge in [0.1, 0.15) is 12.4 Å². The molecule has 9 heteroatoms. The first-order valence-electron chi connectivity index (χ1n) is 9.59. The molecule has 152 valence electrons. The van der Waals surface area contributed by atoms with Crippen molar-refractivity contribution in [3.63, 3.8) is 0 Å². The summed E-state index contributed by atoms with van der Waals surface area (Å²) in [4.78, 5) is 18.8. The van der Waals surface area contributed by atoms with E-state index in [9.17, 15) is 9.35 Å². The lowest BCUT2D eigenvalue weighted by Crippen LogP contribution is -2.47. The van der Waals surface area contributed by atoms with Gasteiger partial charge in [0, 0.05) is 18.9 Å². The number of pyridine rings is 1. The van der Waals surface area contributed by atoms with Gasteiger partial charge in [-0.3, -0.25) is 9.78 Å². The molecule has 3 heterocycles. The van der Waals surface area contributed by atoms with E-state index in [0.29, 0.717) is 30.0 Å². The van der Waals surface area contributed by atoms with Crippen LogP contribution in [0.15, 0.2) is 47.1 Å². The number of anilines is 1. The summed E-state index contributed by atoms with van der Waals surface area (Å²) in [5.41, 5.74) is 8.17. The summed E-state index contributed by atoms with van der Waals surface area (Å²) in [5.74, 6) is 0.847. The van der Waals surface area contributed by atoms with Crippen LogP contribution in [-0.4, -0.2) is 45.4 Å². The van der Waals surface area contributed by atoms with E-state index >= 15 is 0 Å². The van der Waals surface area contributed by atoms with Crippen LogP contribution < -0.4 is 15.2 Å². The molecular formula is C20H23N5O3S. The molecule has 1 amide bonds. The van der Waals surface area contributed by atoms with Crippen LogP contribution >= 0.6 is 0 Å². The summed E-state index contributed by atoms with van der Waals surface area (Å²) in [6.45, 7) is 1.10. The third-order valence-corrected chi connectivity index (χ3v) is 5.90. The molecule has 3 N–H and O–H groups in total. The van der Waals surface area contributed by atoms with Crippen molar-refractivity contribution in [2.75, 3.05) is 17.9 Å². The maximum atomic E-state index is 12.9. The zero-order valence-corrected chi connectivity index (χ0v) is 16.7. The van der Waals surface area contributed by atoms with Gasteiger partial charge in [0.25, 0.3) is 0 Å². The SMILES string of the molecule is NC1=N[S+]([O-])Nc2cccc(OC[C@H]3CCCCN3C(=O)Cc3ccncc3)c21. The molecule has 8 nitrogen and oxygen atoms in total. The lowest BCUT2D eigenvalue weighted by Gasteiger charge is -2.36. The largest absolute Gasteiger partial charge is 0.566 e. The van der Waals surface area contributed by atoms with Crippen molar-refractivity contribution in [1.82, 2.24) is 9.88 Å². The number of nitrogens with one attached hydrogen (secondary N) is 1. The Morgan fingerprint density at radius 2 is 2.14 bits per heavy atom. The van der Waals surface area contributed by atoms with Gasteiger partial charge < -0.3 is 19.9 Å². The van der Waals surface area contributed by atoms with Gasteiger partial charge in [0.15, 0.2) is 5.84 Å². The fourth-order valence-corrected chi connectivity index (χ4v) is 4.39. The van der Waals surface area contributed by atoms with Gasteiger partial charge >= 0.3 is 0 Å². The van der Waals surface area contributed by atoms with Crippen LogP contribution in [0.2, 0.25) is 0 Å². The fourth-order valence-electron chi connectivity index (χ4n) is 3.72. The molecule has 2 aliphatic heterocycles. The Morgan fingerprint density at radius 1 is 1.31 bits per heavy atom. The quantitative estimate of drug-likeness (QED) is 0.722. The van der Waals surface area contributed by atoms with E-state index in [4.69, 9.17) is 10.5 Å². The number of aromatic nitrogens is 1. The number of amidine groups is 1. The number of amides is 1. The molecule has 1 saturated heterocycles. The average Bonchev–Trinajstić information content (AvgIpc) is 2.72. The second kappa shape index (κ2) is 8.71. The summed E-state index contributed by atoms with van der Waals surface area (Å²) in [7, 11) is 0. The zero-order valence-electron chi connectivity index (χ0n) is 15.9. The number of benzene rings is 1. The summed E-state index contributed by atoms with van der Waals surface area (Å²) < 4.78 is 24.4. The third kappa shape index (κ3) is 4.46. The second-order valence-corrected chi connectivity index (χ2v) is 7.97. The lowest BCUT2D eigenvalue weighted by atomic mass is 10.0. The molecule has 0 radical (unpaired) electrons. The van der Waals surface area contributed by atoms with Crippen molar-refractivity contribution < 1.29 is 14.1 Å². The van der Waals surface area contributed by atoms with E-state index in [1.165, 1.54) is 0 Å². The summed E-state index contributed by atoms with van der Waals surface area (Å²) in [6, 6.07) is 9.13. The van der Waals surface area contributed by atoms with Crippen LogP contribution in [0, 0.1) is 0 Å². The molecule has 2 aliphatic rings. The van der Waals surface area contributed by atoms with Crippen LogP contribution in [0.5, 0.6) is 5.75 Å². The van der Waals surface area contributed by atoms with E-state index in [0.717, 1.165) is 31.4 Å². The predicted molar refractivity (Wildman–Crippen MR) is 112 cm³/mol. The highest BCUT2D eigenvalue weighted by Crippen LogP contribution is 2.31. The van der Waals surface area contributed by atoms with Gasteiger partial charge in [-0.1, -0.05) is 6.07 Å². The Balaban J connectivity index is 1.46.